The molecule has 0 radical (unpaired) electrons. The largest absolute Gasteiger partial charge is 0.507 e. The summed E-state index contributed by atoms with van der Waals surface area (Å²) in [5.41, 5.74) is 2.92. The summed E-state index contributed by atoms with van der Waals surface area (Å²) in [6.45, 7) is 3.44. The fourth-order valence-electron chi connectivity index (χ4n) is 4.40. The van der Waals surface area contributed by atoms with E-state index in [1.165, 1.54) is 26.0 Å². The lowest BCUT2D eigenvalue weighted by atomic mass is 9.94. The number of amides is 2. The third-order valence-electron chi connectivity index (χ3n) is 6.28. The molecule has 1 aliphatic heterocycles. The number of carbonyl (C=O) groups excluding carboxylic acids is 3. The number of rotatable bonds is 7. The number of methoxy groups -OCH3 is 2. The van der Waals surface area contributed by atoms with Crippen molar-refractivity contribution < 1.29 is 29.0 Å². The first-order valence-corrected chi connectivity index (χ1v) is 11.8. The van der Waals surface area contributed by atoms with E-state index in [0.29, 0.717) is 28.4 Å². The zero-order valence-corrected chi connectivity index (χ0v) is 21.1. The van der Waals surface area contributed by atoms with Crippen molar-refractivity contribution in [2.75, 3.05) is 24.4 Å². The highest BCUT2D eigenvalue weighted by Crippen LogP contribution is 2.44. The maximum Gasteiger partial charge on any atom is 0.300 e. The van der Waals surface area contributed by atoms with E-state index in [1.807, 2.05) is 31.2 Å². The molecule has 8 nitrogen and oxygen atoms in total. The van der Waals surface area contributed by atoms with Gasteiger partial charge in [0, 0.05) is 18.3 Å². The van der Waals surface area contributed by atoms with Gasteiger partial charge < -0.3 is 19.9 Å². The Hall–Kier alpha value is -4.59. The van der Waals surface area contributed by atoms with E-state index in [4.69, 9.17) is 9.47 Å². The summed E-state index contributed by atoms with van der Waals surface area (Å²) in [5, 5.41) is 14.2. The van der Waals surface area contributed by atoms with Gasteiger partial charge in [0.15, 0.2) is 0 Å². The van der Waals surface area contributed by atoms with Crippen LogP contribution in [0.25, 0.3) is 5.76 Å². The zero-order chi connectivity index (χ0) is 26.7. The Balaban J connectivity index is 1.92. The van der Waals surface area contributed by atoms with Gasteiger partial charge in [0.25, 0.3) is 11.7 Å². The van der Waals surface area contributed by atoms with Crippen molar-refractivity contribution in [1.82, 2.24) is 0 Å². The third kappa shape index (κ3) is 4.91. The molecule has 2 amide bonds. The van der Waals surface area contributed by atoms with Gasteiger partial charge >= 0.3 is 0 Å². The van der Waals surface area contributed by atoms with E-state index >= 15 is 0 Å². The van der Waals surface area contributed by atoms with Crippen LogP contribution in [0.1, 0.15) is 36.6 Å². The second-order valence-electron chi connectivity index (χ2n) is 8.56. The first kappa shape index (κ1) is 25.5. The highest BCUT2D eigenvalue weighted by molar-refractivity contribution is 6.51. The molecule has 0 bridgehead atoms. The predicted molar refractivity (Wildman–Crippen MR) is 141 cm³/mol. The lowest BCUT2D eigenvalue weighted by molar-refractivity contribution is -0.132. The second-order valence-corrected chi connectivity index (χ2v) is 8.56. The van der Waals surface area contributed by atoms with Crippen molar-refractivity contribution in [3.8, 4) is 11.5 Å². The van der Waals surface area contributed by atoms with Crippen molar-refractivity contribution in [2.45, 2.75) is 26.3 Å². The number of nitrogens with zero attached hydrogens (tertiary/aromatic N) is 1. The van der Waals surface area contributed by atoms with E-state index < -0.39 is 17.7 Å². The molecule has 1 heterocycles. The van der Waals surface area contributed by atoms with E-state index in [2.05, 4.69) is 5.32 Å². The SMILES string of the molecule is CCc1ccc(C2/C(=C(\O)c3cc(OC)ccc3OC)C(=O)C(=O)N2c2ccc(NC(C)=O)cc2)cc1. The number of benzene rings is 3. The van der Waals surface area contributed by atoms with Crippen LogP contribution in [0, 0.1) is 0 Å². The molecular weight excluding hydrogens is 472 g/mol. The van der Waals surface area contributed by atoms with Crippen molar-refractivity contribution in [1.29, 1.82) is 0 Å². The van der Waals surface area contributed by atoms with E-state index in [9.17, 15) is 19.5 Å². The van der Waals surface area contributed by atoms with E-state index in [1.54, 1.807) is 42.5 Å². The molecule has 0 saturated carbocycles. The van der Waals surface area contributed by atoms with Gasteiger partial charge in [0.2, 0.25) is 5.91 Å². The number of nitrogens with one attached hydrogen (secondary N) is 1. The summed E-state index contributed by atoms with van der Waals surface area (Å²) < 4.78 is 10.7. The lowest BCUT2D eigenvalue weighted by Crippen LogP contribution is -2.29. The predicted octanol–water partition coefficient (Wildman–Crippen LogP) is 4.85. The van der Waals surface area contributed by atoms with Gasteiger partial charge in [-0.3, -0.25) is 19.3 Å². The molecule has 1 fully saturated rings. The fraction of sp³-hybridized carbons (Fsp3) is 0.207. The summed E-state index contributed by atoms with van der Waals surface area (Å²) in [7, 11) is 2.94. The third-order valence-corrected chi connectivity index (χ3v) is 6.28. The summed E-state index contributed by atoms with van der Waals surface area (Å²) in [6.07, 6.45) is 0.825. The lowest BCUT2D eigenvalue weighted by Gasteiger charge is -2.26. The first-order chi connectivity index (χ1) is 17.8. The molecule has 3 aromatic rings. The minimum absolute atomic E-state index is 0.0632. The molecule has 4 rings (SSSR count). The highest BCUT2D eigenvalue weighted by Gasteiger charge is 2.47. The average molecular weight is 501 g/mol. The summed E-state index contributed by atoms with van der Waals surface area (Å²) in [5.74, 6) is -1.41. The Kier molecular flexibility index (Phi) is 7.29. The normalized spacial score (nSPS) is 16.5. The molecule has 8 heteroatoms. The molecule has 3 aromatic carbocycles. The van der Waals surface area contributed by atoms with Crippen LogP contribution in [0.3, 0.4) is 0 Å². The topological polar surface area (TPSA) is 105 Å². The van der Waals surface area contributed by atoms with Crippen LogP contribution in [-0.4, -0.2) is 36.9 Å². The van der Waals surface area contributed by atoms with Gasteiger partial charge in [0.05, 0.1) is 31.4 Å². The Bertz CT molecular complexity index is 1380. The molecule has 0 aliphatic carbocycles. The standard InChI is InChI=1S/C29H28N2O6/c1-5-18-6-8-19(9-7-18)26-25(27(33)23-16-22(36-3)14-15-24(23)37-4)28(34)29(35)31(26)21-12-10-20(11-13-21)30-17(2)32/h6-16,26,33H,5H2,1-4H3,(H,30,32)/b27-25+. The monoisotopic (exact) mass is 500 g/mol. The second kappa shape index (κ2) is 10.6. The van der Waals surface area contributed by atoms with Crippen LogP contribution >= 0.6 is 0 Å². The number of aryl methyl sites for hydroxylation is 1. The zero-order valence-electron chi connectivity index (χ0n) is 21.1. The number of ketones is 1. The number of hydrogen-bond acceptors (Lipinski definition) is 6. The van der Waals surface area contributed by atoms with Crippen LogP contribution in [0.2, 0.25) is 0 Å². The van der Waals surface area contributed by atoms with Crippen molar-refractivity contribution in [3.63, 3.8) is 0 Å². The number of anilines is 2. The summed E-state index contributed by atoms with van der Waals surface area (Å²) >= 11 is 0. The Morgan fingerprint density at radius 1 is 0.973 bits per heavy atom. The van der Waals surface area contributed by atoms with Crippen LogP contribution < -0.4 is 19.7 Å². The van der Waals surface area contributed by atoms with Crippen molar-refractivity contribution in [2.24, 2.45) is 0 Å². The number of Topliss-reactive ketones (excluding diaryl/α,β-unsaturated/α-hetero) is 1. The van der Waals surface area contributed by atoms with Gasteiger partial charge in [-0.05, 0) is 60.0 Å². The smallest absolute Gasteiger partial charge is 0.300 e. The first-order valence-electron chi connectivity index (χ1n) is 11.8. The number of ether oxygens (including phenoxy) is 2. The van der Waals surface area contributed by atoms with Crippen LogP contribution in [0.15, 0.2) is 72.3 Å². The van der Waals surface area contributed by atoms with Gasteiger partial charge in [-0.1, -0.05) is 31.2 Å². The Morgan fingerprint density at radius 2 is 1.65 bits per heavy atom. The van der Waals surface area contributed by atoms with E-state index in [0.717, 1.165) is 12.0 Å². The Labute approximate surface area is 215 Å². The number of aliphatic hydroxyl groups is 1. The molecule has 37 heavy (non-hydrogen) atoms. The maximum absolute atomic E-state index is 13.4. The van der Waals surface area contributed by atoms with Gasteiger partial charge in [0.1, 0.15) is 17.3 Å². The van der Waals surface area contributed by atoms with Crippen molar-refractivity contribution >= 4 is 34.7 Å². The quantitative estimate of drug-likeness (QED) is 0.273. The van der Waals surface area contributed by atoms with Crippen molar-refractivity contribution in [3.05, 3.63) is 89.0 Å². The summed E-state index contributed by atoms with van der Waals surface area (Å²) in [4.78, 5) is 39.6. The van der Waals surface area contributed by atoms with Gasteiger partial charge in [-0.25, -0.2) is 0 Å². The van der Waals surface area contributed by atoms with Crippen LogP contribution in [0.5, 0.6) is 11.5 Å². The Morgan fingerprint density at radius 3 is 2.22 bits per heavy atom. The number of hydrogen-bond donors (Lipinski definition) is 2. The minimum Gasteiger partial charge on any atom is -0.507 e. The highest BCUT2D eigenvalue weighted by atomic mass is 16.5. The summed E-state index contributed by atoms with van der Waals surface area (Å²) in [6, 6.07) is 18.1. The molecule has 2 N–H and O–H groups in total. The molecule has 1 saturated heterocycles. The molecule has 1 atom stereocenters. The average Bonchev–Trinajstić information content (AvgIpc) is 3.18. The number of carbonyl (C=O) groups is 3. The molecule has 0 spiro atoms. The molecule has 0 aromatic heterocycles. The van der Waals surface area contributed by atoms with Crippen LogP contribution in [-0.2, 0) is 20.8 Å². The molecular formula is C29H28N2O6. The van der Waals surface area contributed by atoms with Gasteiger partial charge in [-0.2, -0.15) is 0 Å². The molecule has 1 aliphatic rings. The molecule has 1 unspecified atom stereocenters. The molecule has 190 valence electrons. The van der Waals surface area contributed by atoms with Gasteiger partial charge in [-0.15, -0.1) is 0 Å². The van der Waals surface area contributed by atoms with E-state index in [-0.39, 0.29) is 22.8 Å². The van der Waals surface area contributed by atoms with Crippen LogP contribution in [0.4, 0.5) is 11.4 Å². The fourth-order valence-corrected chi connectivity index (χ4v) is 4.40. The number of aliphatic hydroxyl groups excluding tert-OH is 1. The minimum atomic E-state index is -0.895. The maximum atomic E-state index is 13.4.